The summed E-state index contributed by atoms with van der Waals surface area (Å²) in [5.41, 5.74) is 2.30. The number of rotatable bonds is 3. The van der Waals surface area contributed by atoms with Crippen molar-refractivity contribution in [3.8, 4) is 0 Å². The molecular weight excluding hydrogens is 136 g/mol. The Labute approximate surface area is 69.4 Å². The predicted molar refractivity (Wildman–Crippen MR) is 49.5 cm³/mol. The van der Waals surface area contributed by atoms with Crippen LogP contribution in [0.5, 0.6) is 0 Å². The maximum Gasteiger partial charge on any atom is 0.0781 e. The van der Waals surface area contributed by atoms with Gasteiger partial charge in [-0.05, 0) is 39.7 Å². The Bertz CT molecular complexity index is 162. The second-order valence-electron chi connectivity index (χ2n) is 3.07. The second-order valence-corrected chi connectivity index (χ2v) is 3.07. The van der Waals surface area contributed by atoms with Crippen molar-refractivity contribution < 1.29 is 5.11 Å². The normalized spacial score (nSPS) is 14.5. The van der Waals surface area contributed by atoms with Gasteiger partial charge in [-0.2, -0.15) is 0 Å². The largest absolute Gasteiger partial charge is 0.388 e. The molecule has 1 nitrogen and oxygen atoms in total. The van der Waals surface area contributed by atoms with Gasteiger partial charge < -0.3 is 5.11 Å². The summed E-state index contributed by atoms with van der Waals surface area (Å²) in [7, 11) is 0. The molecule has 1 unspecified atom stereocenters. The highest BCUT2D eigenvalue weighted by atomic mass is 16.3. The van der Waals surface area contributed by atoms with Crippen molar-refractivity contribution in [2.45, 2.75) is 40.2 Å². The first-order valence-corrected chi connectivity index (χ1v) is 4.02. The second kappa shape index (κ2) is 5.14. The van der Waals surface area contributed by atoms with E-state index in [4.69, 9.17) is 0 Å². The molecule has 0 saturated heterocycles. The fraction of sp³-hybridized carbons (Fsp3) is 0.600. The minimum Gasteiger partial charge on any atom is -0.388 e. The standard InChI is InChI=1S/C10H18O/c1-5-9(4)10(11)7-6-8(2)3/h5-6,10-11H,7H2,1-4H3/b9-5-. The minimum atomic E-state index is -0.296. The van der Waals surface area contributed by atoms with Crippen LogP contribution < -0.4 is 0 Å². The molecule has 64 valence electrons. The first-order chi connectivity index (χ1) is 5.07. The topological polar surface area (TPSA) is 20.2 Å². The molecule has 0 amide bonds. The zero-order valence-electron chi connectivity index (χ0n) is 7.89. The van der Waals surface area contributed by atoms with Gasteiger partial charge in [0, 0.05) is 0 Å². The number of aliphatic hydroxyl groups excluding tert-OH is 1. The first-order valence-electron chi connectivity index (χ1n) is 4.02. The highest BCUT2D eigenvalue weighted by molar-refractivity contribution is 5.06. The molecule has 0 aliphatic heterocycles. The Hall–Kier alpha value is -0.560. The van der Waals surface area contributed by atoms with Gasteiger partial charge in [-0.3, -0.25) is 0 Å². The average molecular weight is 154 g/mol. The molecule has 0 aromatic rings. The number of allylic oxidation sites excluding steroid dienone is 2. The van der Waals surface area contributed by atoms with Crippen molar-refractivity contribution in [2.75, 3.05) is 0 Å². The monoisotopic (exact) mass is 154 g/mol. The van der Waals surface area contributed by atoms with Gasteiger partial charge >= 0.3 is 0 Å². The van der Waals surface area contributed by atoms with Gasteiger partial charge in [-0.25, -0.2) is 0 Å². The van der Waals surface area contributed by atoms with Crippen molar-refractivity contribution in [1.29, 1.82) is 0 Å². The molecule has 0 bridgehead atoms. The van der Waals surface area contributed by atoms with Crippen LogP contribution in [0.3, 0.4) is 0 Å². The Morgan fingerprint density at radius 1 is 1.36 bits per heavy atom. The molecule has 0 heterocycles. The summed E-state index contributed by atoms with van der Waals surface area (Å²) in [6, 6.07) is 0. The Morgan fingerprint density at radius 2 is 1.91 bits per heavy atom. The Balaban J connectivity index is 3.88. The van der Waals surface area contributed by atoms with Gasteiger partial charge in [-0.15, -0.1) is 0 Å². The van der Waals surface area contributed by atoms with E-state index in [1.807, 2.05) is 33.8 Å². The highest BCUT2D eigenvalue weighted by Crippen LogP contribution is 2.07. The number of aliphatic hydroxyl groups is 1. The molecule has 11 heavy (non-hydrogen) atoms. The lowest BCUT2D eigenvalue weighted by Crippen LogP contribution is -2.05. The van der Waals surface area contributed by atoms with Crippen LogP contribution in [0.1, 0.15) is 34.1 Å². The van der Waals surface area contributed by atoms with Crippen molar-refractivity contribution in [1.82, 2.24) is 0 Å². The minimum absolute atomic E-state index is 0.296. The zero-order chi connectivity index (χ0) is 8.85. The van der Waals surface area contributed by atoms with Crippen LogP contribution in [0.4, 0.5) is 0 Å². The first kappa shape index (κ1) is 10.4. The third-order valence-corrected chi connectivity index (χ3v) is 1.73. The molecule has 0 radical (unpaired) electrons. The van der Waals surface area contributed by atoms with Crippen molar-refractivity contribution in [3.63, 3.8) is 0 Å². The van der Waals surface area contributed by atoms with Crippen molar-refractivity contribution in [2.24, 2.45) is 0 Å². The number of hydrogen-bond donors (Lipinski definition) is 1. The summed E-state index contributed by atoms with van der Waals surface area (Å²) in [6.07, 6.45) is 4.44. The summed E-state index contributed by atoms with van der Waals surface area (Å²) in [6.45, 7) is 7.97. The third kappa shape index (κ3) is 4.79. The van der Waals surface area contributed by atoms with Crippen LogP contribution >= 0.6 is 0 Å². The maximum absolute atomic E-state index is 9.45. The third-order valence-electron chi connectivity index (χ3n) is 1.73. The van der Waals surface area contributed by atoms with E-state index in [1.54, 1.807) is 0 Å². The molecule has 0 saturated carbocycles. The van der Waals surface area contributed by atoms with E-state index in [0.717, 1.165) is 12.0 Å². The zero-order valence-corrected chi connectivity index (χ0v) is 7.89. The van der Waals surface area contributed by atoms with E-state index in [-0.39, 0.29) is 6.10 Å². The predicted octanol–water partition coefficient (Wildman–Crippen LogP) is 2.67. The fourth-order valence-electron chi connectivity index (χ4n) is 0.726. The molecule has 0 fully saturated rings. The molecule has 0 aromatic carbocycles. The van der Waals surface area contributed by atoms with Gasteiger partial charge in [0.15, 0.2) is 0 Å². The summed E-state index contributed by atoms with van der Waals surface area (Å²) in [5, 5.41) is 9.45. The quantitative estimate of drug-likeness (QED) is 0.620. The van der Waals surface area contributed by atoms with Gasteiger partial charge in [0.1, 0.15) is 0 Å². The SMILES string of the molecule is C/C=C(/C)C(O)CC=C(C)C. The van der Waals surface area contributed by atoms with Crippen molar-refractivity contribution in [3.05, 3.63) is 23.3 Å². The summed E-state index contributed by atoms with van der Waals surface area (Å²) < 4.78 is 0. The summed E-state index contributed by atoms with van der Waals surface area (Å²) in [5.74, 6) is 0. The highest BCUT2D eigenvalue weighted by Gasteiger charge is 2.01. The number of hydrogen-bond acceptors (Lipinski definition) is 1. The Kier molecular flexibility index (Phi) is 4.88. The van der Waals surface area contributed by atoms with E-state index in [1.165, 1.54) is 5.57 Å². The molecule has 0 aromatic heterocycles. The molecule has 0 aliphatic carbocycles. The Morgan fingerprint density at radius 3 is 2.27 bits per heavy atom. The molecule has 1 atom stereocenters. The lowest BCUT2D eigenvalue weighted by molar-refractivity contribution is 0.214. The van der Waals surface area contributed by atoms with E-state index in [0.29, 0.717) is 0 Å². The van der Waals surface area contributed by atoms with Crippen LogP contribution in [0.25, 0.3) is 0 Å². The lowest BCUT2D eigenvalue weighted by atomic mass is 10.1. The van der Waals surface area contributed by atoms with E-state index in [9.17, 15) is 5.11 Å². The summed E-state index contributed by atoms with van der Waals surface area (Å²) in [4.78, 5) is 0. The van der Waals surface area contributed by atoms with Crippen LogP contribution in [-0.2, 0) is 0 Å². The molecule has 1 N–H and O–H groups in total. The van der Waals surface area contributed by atoms with Gasteiger partial charge in [0.2, 0.25) is 0 Å². The van der Waals surface area contributed by atoms with E-state index >= 15 is 0 Å². The summed E-state index contributed by atoms with van der Waals surface area (Å²) >= 11 is 0. The van der Waals surface area contributed by atoms with Gasteiger partial charge in [0.25, 0.3) is 0 Å². The van der Waals surface area contributed by atoms with Crippen molar-refractivity contribution >= 4 is 0 Å². The van der Waals surface area contributed by atoms with Gasteiger partial charge in [-0.1, -0.05) is 17.7 Å². The van der Waals surface area contributed by atoms with Crippen LogP contribution in [-0.4, -0.2) is 11.2 Å². The van der Waals surface area contributed by atoms with Gasteiger partial charge in [0.05, 0.1) is 6.10 Å². The average Bonchev–Trinajstić information content (AvgIpc) is 1.98. The smallest absolute Gasteiger partial charge is 0.0781 e. The molecule has 0 rings (SSSR count). The van der Waals surface area contributed by atoms with E-state index < -0.39 is 0 Å². The van der Waals surface area contributed by atoms with Crippen LogP contribution in [0.15, 0.2) is 23.3 Å². The molecular formula is C10H18O. The molecule has 1 heteroatoms. The molecule has 0 spiro atoms. The van der Waals surface area contributed by atoms with Crippen LogP contribution in [0, 0.1) is 0 Å². The fourth-order valence-corrected chi connectivity index (χ4v) is 0.726. The van der Waals surface area contributed by atoms with E-state index in [2.05, 4.69) is 6.08 Å². The van der Waals surface area contributed by atoms with Crippen LogP contribution in [0.2, 0.25) is 0 Å². The lowest BCUT2D eigenvalue weighted by Gasteiger charge is -2.07. The maximum atomic E-state index is 9.45. The molecule has 0 aliphatic rings.